The van der Waals surface area contributed by atoms with Crippen LogP contribution in [0, 0.1) is 0 Å². The molecule has 0 saturated heterocycles. The van der Waals surface area contributed by atoms with Gasteiger partial charge >= 0.3 is 0 Å². The average Bonchev–Trinajstić information content (AvgIpc) is 2.03. The third-order valence-electron chi connectivity index (χ3n) is 1.07. The third-order valence-corrected chi connectivity index (χ3v) is 1.26. The van der Waals surface area contributed by atoms with Gasteiger partial charge in [0.05, 0.1) is 7.11 Å². The predicted molar refractivity (Wildman–Crippen MR) is 39.5 cm³/mol. The Balaban J connectivity index is 3.02. The summed E-state index contributed by atoms with van der Waals surface area (Å²) < 4.78 is 4.79. The molecule has 0 amide bonds. The molecule has 4 nitrogen and oxygen atoms in total. The van der Waals surface area contributed by atoms with Crippen LogP contribution in [0.5, 0.6) is 5.88 Å². The number of hydrogen-bond acceptors (Lipinski definition) is 4. The highest BCUT2D eigenvalue weighted by Gasteiger charge is 2.00. The van der Waals surface area contributed by atoms with E-state index in [1.54, 1.807) is 0 Å². The summed E-state index contributed by atoms with van der Waals surface area (Å²) in [5, 5.41) is 8.91. The maximum atomic E-state index is 8.64. The van der Waals surface area contributed by atoms with Gasteiger partial charge in [-0.25, -0.2) is 4.98 Å². The number of aromatic nitrogens is 2. The molecule has 0 radical (unpaired) electrons. The lowest BCUT2D eigenvalue weighted by Gasteiger charge is -2.00. The number of hydrogen-bond donors (Lipinski definition) is 1. The summed E-state index contributed by atoms with van der Waals surface area (Å²) in [6.07, 6.45) is 0. The normalized spacial score (nSPS) is 9.73. The molecule has 1 aromatic rings. The average molecular weight is 175 g/mol. The maximum Gasteiger partial charge on any atom is 0.217 e. The zero-order chi connectivity index (χ0) is 8.27. The highest BCUT2D eigenvalue weighted by Crippen LogP contribution is 2.12. The summed E-state index contributed by atoms with van der Waals surface area (Å²) in [7, 11) is 1.47. The van der Waals surface area contributed by atoms with Crippen molar-refractivity contribution in [3.63, 3.8) is 0 Å². The molecule has 1 heterocycles. The lowest BCUT2D eigenvalue weighted by Crippen LogP contribution is -1.97. The van der Waals surface area contributed by atoms with E-state index in [1.165, 1.54) is 13.2 Å². The second-order valence-corrected chi connectivity index (χ2v) is 2.19. The fourth-order valence-corrected chi connectivity index (χ4v) is 0.808. The van der Waals surface area contributed by atoms with E-state index in [1.807, 2.05) is 0 Å². The predicted octanol–water partition coefficient (Wildman–Crippen LogP) is 0.631. The van der Waals surface area contributed by atoms with Crippen LogP contribution >= 0.6 is 11.6 Å². The zero-order valence-corrected chi connectivity index (χ0v) is 6.67. The highest BCUT2D eigenvalue weighted by molar-refractivity contribution is 6.29. The van der Waals surface area contributed by atoms with Crippen LogP contribution in [0.1, 0.15) is 5.82 Å². The monoisotopic (exact) mass is 174 g/mol. The Kier molecular flexibility index (Phi) is 2.62. The Labute approximate surface area is 68.8 Å². The molecular formula is C6H7ClN2O2. The Hall–Kier alpha value is -0.870. The Morgan fingerprint density at radius 3 is 2.91 bits per heavy atom. The van der Waals surface area contributed by atoms with Crippen LogP contribution in [-0.2, 0) is 6.61 Å². The second kappa shape index (κ2) is 3.50. The van der Waals surface area contributed by atoms with Gasteiger partial charge in [0.15, 0.2) is 5.82 Å². The summed E-state index contributed by atoms with van der Waals surface area (Å²) in [6.45, 7) is -0.239. The van der Waals surface area contributed by atoms with E-state index >= 15 is 0 Å². The van der Waals surface area contributed by atoms with E-state index in [0.29, 0.717) is 5.88 Å². The first-order valence-corrected chi connectivity index (χ1v) is 3.32. The summed E-state index contributed by atoms with van der Waals surface area (Å²) in [6, 6.07) is 1.47. The first-order chi connectivity index (χ1) is 5.26. The summed E-state index contributed by atoms with van der Waals surface area (Å²) in [5.41, 5.74) is 0. The van der Waals surface area contributed by atoms with E-state index in [-0.39, 0.29) is 17.6 Å². The van der Waals surface area contributed by atoms with Gasteiger partial charge in [-0.1, -0.05) is 11.6 Å². The Morgan fingerprint density at radius 2 is 2.36 bits per heavy atom. The molecule has 11 heavy (non-hydrogen) atoms. The second-order valence-electron chi connectivity index (χ2n) is 1.81. The quantitative estimate of drug-likeness (QED) is 0.669. The molecule has 0 bridgehead atoms. The van der Waals surface area contributed by atoms with Crippen molar-refractivity contribution in [2.75, 3.05) is 7.11 Å². The van der Waals surface area contributed by atoms with Gasteiger partial charge < -0.3 is 9.84 Å². The van der Waals surface area contributed by atoms with E-state index in [2.05, 4.69) is 9.97 Å². The van der Waals surface area contributed by atoms with Crippen molar-refractivity contribution in [2.45, 2.75) is 6.61 Å². The van der Waals surface area contributed by atoms with Gasteiger partial charge in [0.2, 0.25) is 5.88 Å². The van der Waals surface area contributed by atoms with Gasteiger partial charge in [-0.05, 0) is 0 Å². The smallest absolute Gasteiger partial charge is 0.217 e. The number of nitrogens with zero attached hydrogens (tertiary/aromatic N) is 2. The maximum absolute atomic E-state index is 8.64. The van der Waals surface area contributed by atoms with Crippen molar-refractivity contribution >= 4 is 11.6 Å². The third kappa shape index (κ3) is 2.03. The molecule has 0 aromatic carbocycles. The van der Waals surface area contributed by atoms with Crippen LogP contribution in [0.4, 0.5) is 0 Å². The summed E-state index contributed by atoms with van der Waals surface area (Å²) in [4.78, 5) is 7.53. The summed E-state index contributed by atoms with van der Waals surface area (Å²) in [5.74, 6) is 0.614. The van der Waals surface area contributed by atoms with Crippen molar-refractivity contribution in [2.24, 2.45) is 0 Å². The topological polar surface area (TPSA) is 55.2 Å². The molecular weight excluding hydrogens is 168 g/mol. The molecule has 0 spiro atoms. The fraction of sp³-hybridized carbons (Fsp3) is 0.333. The molecule has 1 aromatic heterocycles. The molecule has 0 saturated carbocycles. The number of aliphatic hydroxyl groups is 1. The van der Waals surface area contributed by atoms with E-state index in [0.717, 1.165) is 0 Å². The van der Waals surface area contributed by atoms with Crippen molar-refractivity contribution in [1.82, 2.24) is 9.97 Å². The number of rotatable bonds is 2. The molecule has 0 atom stereocenters. The fourth-order valence-electron chi connectivity index (χ4n) is 0.617. The number of ether oxygens (including phenoxy) is 1. The molecule has 0 aliphatic carbocycles. The SMILES string of the molecule is COc1cc(Cl)nc(CO)n1. The molecule has 1 N–H and O–H groups in total. The molecule has 5 heteroatoms. The van der Waals surface area contributed by atoms with Crippen LogP contribution in [0.3, 0.4) is 0 Å². The van der Waals surface area contributed by atoms with Gasteiger partial charge in [0.25, 0.3) is 0 Å². The van der Waals surface area contributed by atoms with Crippen LogP contribution in [0.2, 0.25) is 5.15 Å². The first kappa shape index (κ1) is 8.23. The lowest BCUT2D eigenvalue weighted by molar-refractivity contribution is 0.268. The minimum Gasteiger partial charge on any atom is -0.481 e. The van der Waals surface area contributed by atoms with E-state index in [9.17, 15) is 0 Å². The van der Waals surface area contributed by atoms with Crippen molar-refractivity contribution in [3.8, 4) is 5.88 Å². The largest absolute Gasteiger partial charge is 0.481 e. The van der Waals surface area contributed by atoms with Gasteiger partial charge in [-0.15, -0.1) is 0 Å². The zero-order valence-electron chi connectivity index (χ0n) is 5.91. The van der Waals surface area contributed by atoms with Gasteiger partial charge in [0, 0.05) is 6.07 Å². The molecule has 60 valence electrons. The lowest BCUT2D eigenvalue weighted by atomic mass is 10.5. The van der Waals surface area contributed by atoms with Crippen LogP contribution < -0.4 is 4.74 Å². The van der Waals surface area contributed by atoms with Crippen molar-refractivity contribution < 1.29 is 9.84 Å². The molecule has 0 aliphatic heterocycles. The molecule has 0 unspecified atom stereocenters. The van der Waals surface area contributed by atoms with Gasteiger partial charge in [0.1, 0.15) is 11.8 Å². The minimum absolute atomic E-state index is 0.239. The molecule has 0 aliphatic rings. The Morgan fingerprint density at radius 1 is 1.64 bits per heavy atom. The number of methoxy groups -OCH3 is 1. The van der Waals surface area contributed by atoms with Crippen molar-refractivity contribution in [3.05, 3.63) is 17.0 Å². The van der Waals surface area contributed by atoms with Crippen LogP contribution in [0.15, 0.2) is 6.07 Å². The van der Waals surface area contributed by atoms with Crippen molar-refractivity contribution in [1.29, 1.82) is 0 Å². The number of aliphatic hydroxyl groups excluding tert-OH is 1. The van der Waals surface area contributed by atoms with E-state index in [4.69, 9.17) is 21.4 Å². The standard InChI is InChI=1S/C6H7ClN2O2/c1-11-6-2-4(7)8-5(3-10)9-6/h2,10H,3H2,1H3. The minimum atomic E-state index is -0.239. The Bertz CT molecular complexity index is 232. The molecule has 0 fully saturated rings. The van der Waals surface area contributed by atoms with E-state index < -0.39 is 0 Å². The number of halogens is 1. The van der Waals surface area contributed by atoms with Gasteiger partial charge in [-0.3, -0.25) is 0 Å². The van der Waals surface area contributed by atoms with Crippen LogP contribution in [-0.4, -0.2) is 22.2 Å². The highest BCUT2D eigenvalue weighted by atomic mass is 35.5. The summed E-state index contributed by atoms with van der Waals surface area (Å²) >= 11 is 5.57. The van der Waals surface area contributed by atoms with Crippen LogP contribution in [0.25, 0.3) is 0 Å². The van der Waals surface area contributed by atoms with Gasteiger partial charge in [-0.2, -0.15) is 4.98 Å². The first-order valence-electron chi connectivity index (χ1n) is 2.94. The molecule has 1 rings (SSSR count).